The Labute approximate surface area is 141 Å². The molecule has 0 fully saturated rings. The van der Waals surface area contributed by atoms with Gasteiger partial charge in [0, 0.05) is 13.6 Å². The summed E-state index contributed by atoms with van der Waals surface area (Å²) in [6.45, 7) is 2.19. The average molecular weight is 352 g/mol. The summed E-state index contributed by atoms with van der Waals surface area (Å²) in [6.07, 6.45) is 0.740. The number of nitrogens with one attached hydrogen (secondary N) is 1. The second-order valence-corrected chi connectivity index (χ2v) is 8.13. The van der Waals surface area contributed by atoms with Gasteiger partial charge in [0.15, 0.2) is 0 Å². The van der Waals surface area contributed by atoms with Gasteiger partial charge in [-0.05, 0) is 47.9 Å². The molecule has 2 rings (SSSR count). The fourth-order valence-electron chi connectivity index (χ4n) is 2.01. The van der Waals surface area contributed by atoms with Crippen LogP contribution in [-0.4, -0.2) is 38.8 Å². The van der Waals surface area contributed by atoms with E-state index in [0.717, 1.165) is 21.9 Å². The molecular formula is C16H20N2O3S2. The Bertz CT molecular complexity index is 738. The number of carbonyl (C=O) groups is 1. The topological polar surface area (TPSA) is 66.5 Å². The normalized spacial score (nSPS) is 11.6. The molecule has 0 atom stereocenters. The molecular weight excluding hydrogens is 332 g/mol. The van der Waals surface area contributed by atoms with Gasteiger partial charge in [-0.15, -0.1) is 0 Å². The van der Waals surface area contributed by atoms with Crippen molar-refractivity contribution in [3.8, 4) is 0 Å². The zero-order valence-electron chi connectivity index (χ0n) is 13.2. The van der Waals surface area contributed by atoms with E-state index in [-0.39, 0.29) is 17.3 Å². The highest BCUT2D eigenvalue weighted by Gasteiger charge is 2.22. The van der Waals surface area contributed by atoms with E-state index in [1.165, 1.54) is 7.05 Å². The van der Waals surface area contributed by atoms with E-state index >= 15 is 0 Å². The third-order valence-corrected chi connectivity index (χ3v) is 5.96. The summed E-state index contributed by atoms with van der Waals surface area (Å²) in [4.78, 5) is 12.1. The lowest BCUT2D eigenvalue weighted by molar-refractivity contribution is -0.121. The van der Waals surface area contributed by atoms with Gasteiger partial charge in [-0.25, -0.2) is 8.42 Å². The molecule has 0 spiro atoms. The first-order valence-corrected chi connectivity index (χ1v) is 9.58. The number of rotatable bonds is 7. The number of hydrogen-bond acceptors (Lipinski definition) is 4. The Morgan fingerprint density at radius 3 is 2.52 bits per heavy atom. The van der Waals surface area contributed by atoms with E-state index in [2.05, 4.69) is 5.32 Å². The maximum Gasteiger partial charge on any atom is 0.243 e. The van der Waals surface area contributed by atoms with Crippen LogP contribution in [0.15, 0.2) is 46.0 Å². The zero-order chi connectivity index (χ0) is 16.9. The fourth-order valence-corrected chi connectivity index (χ4v) is 3.84. The standard InChI is InChI=1S/C16H20N2O3S2/c1-13-3-5-15(6-4-13)23(20,21)18(2)11-16(19)17-9-7-14-8-10-22-12-14/h3-6,8,10,12H,7,9,11H2,1-2H3,(H,17,19). The van der Waals surface area contributed by atoms with Crippen LogP contribution in [0.3, 0.4) is 0 Å². The highest BCUT2D eigenvalue weighted by Crippen LogP contribution is 2.14. The van der Waals surface area contributed by atoms with Gasteiger partial charge in [0.25, 0.3) is 0 Å². The lowest BCUT2D eigenvalue weighted by atomic mass is 10.2. The molecule has 0 saturated carbocycles. The monoisotopic (exact) mass is 352 g/mol. The number of hydrogen-bond donors (Lipinski definition) is 1. The smallest absolute Gasteiger partial charge is 0.243 e. The first-order chi connectivity index (χ1) is 10.9. The summed E-state index contributed by atoms with van der Waals surface area (Å²) in [5.41, 5.74) is 2.15. The van der Waals surface area contributed by atoms with Crippen LogP contribution < -0.4 is 5.32 Å². The van der Waals surface area contributed by atoms with Crippen LogP contribution in [-0.2, 0) is 21.2 Å². The predicted molar refractivity (Wildman–Crippen MR) is 92.0 cm³/mol. The second-order valence-electron chi connectivity index (χ2n) is 5.31. The summed E-state index contributed by atoms with van der Waals surface area (Å²) >= 11 is 1.61. The summed E-state index contributed by atoms with van der Waals surface area (Å²) < 4.78 is 25.8. The van der Waals surface area contributed by atoms with Gasteiger partial charge in [0.2, 0.25) is 15.9 Å². The molecule has 1 N–H and O–H groups in total. The maximum atomic E-state index is 12.4. The van der Waals surface area contributed by atoms with Crippen molar-refractivity contribution in [2.45, 2.75) is 18.2 Å². The minimum absolute atomic E-state index is 0.191. The van der Waals surface area contributed by atoms with E-state index in [0.29, 0.717) is 6.54 Å². The third-order valence-electron chi connectivity index (χ3n) is 3.41. The number of aryl methyl sites for hydroxylation is 1. The fraction of sp³-hybridized carbons (Fsp3) is 0.312. The minimum Gasteiger partial charge on any atom is -0.355 e. The molecule has 124 valence electrons. The summed E-state index contributed by atoms with van der Waals surface area (Å²) in [5.74, 6) is -0.307. The first kappa shape index (κ1) is 17.7. The van der Waals surface area contributed by atoms with Crippen molar-refractivity contribution in [1.82, 2.24) is 9.62 Å². The summed E-state index contributed by atoms with van der Waals surface area (Å²) in [5, 5.41) is 6.76. The molecule has 0 saturated heterocycles. The van der Waals surface area contributed by atoms with E-state index in [1.807, 2.05) is 23.8 Å². The van der Waals surface area contributed by atoms with Gasteiger partial charge in [0.05, 0.1) is 11.4 Å². The Morgan fingerprint density at radius 2 is 1.91 bits per heavy atom. The number of thiophene rings is 1. The number of amides is 1. The first-order valence-electron chi connectivity index (χ1n) is 7.20. The molecule has 7 heteroatoms. The molecule has 23 heavy (non-hydrogen) atoms. The van der Waals surface area contributed by atoms with Crippen LogP contribution in [0.4, 0.5) is 0 Å². The number of carbonyl (C=O) groups excluding carboxylic acids is 1. The van der Waals surface area contributed by atoms with Crippen LogP contribution in [0.1, 0.15) is 11.1 Å². The molecule has 0 aliphatic heterocycles. The number of benzene rings is 1. The lowest BCUT2D eigenvalue weighted by Gasteiger charge is -2.17. The van der Waals surface area contributed by atoms with Gasteiger partial charge in [-0.1, -0.05) is 17.7 Å². The summed E-state index contributed by atoms with van der Waals surface area (Å²) in [7, 11) is -2.23. The molecule has 1 heterocycles. The maximum absolute atomic E-state index is 12.4. The molecule has 2 aromatic rings. The molecule has 0 radical (unpaired) electrons. The van der Waals surface area contributed by atoms with E-state index in [4.69, 9.17) is 0 Å². The Morgan fingerprint density at radius 1 is 1.22 bits per heavy atom. The van der Waals surface area contributed by atoms with Crippen LogP contribution in [0.5, 0.6) is 0 Å². The molecule has 1 aromatic carbocycles. The third kappa shape index (κ3) is 4.89. The molecule has 1 aromatic heterocycles. The van der Waals surface area contributed by atoms with Crippen LogP contribution >= 0.6 is 11.3 Å². The molecule has 5 nitrogen and oxygen atoms in total. The molecule has 0 aliphatic carbocycles. The van der Waals surface area contributed by atoms with E-state index in [9.17, 15) is 13.2 Å². The Balaban J connectivity index is 1.88. The van der Waals surface area contributed by atoms with Gasteiger partial charge in [-0.3, -0.25) is 4.79 Å². The van der Waals surface area contributed by atoms with Gasteiger partial charge in [-0.2, -0.15) is 15.6 Å². The van der Waals surface area contributed by atoms with Crippen LogP contribution in [0, 0.1) is 6.92 Å². The van der Waals surface area contributed by atoms with Crippen molar-refractivity contribution in [3.63, 3.8) is 0 Å². The van der Waals surface area contributed by atoms with Crippen molar-refractivity contribution >= 4 is 27.3 Å². The quantitative estimate of drug-likeness (QED) is 0.829. The van der Waals surface area contributed by atoms with Crippen molar-refractivity contribution in [2.24, 2.45) is 0 Å². The van der Waals surface area contributed by atoms with Crippen LogP contribution in [0.2, 0.25) is 0 Å². The SMILES string of the molecule is Cc1ccc(S(=O)(=O)N(C)CC(=O)NCCc2ccsc2)cc1. The number of likely N-dealkylation sites (N-methyl/N-ethyl adjacent to an activating group) is 1. The molecule has 0 unspecified atom stereocenters. The van der Waals surface area contributed by atoms with Crippen molar-refractivity contribution in [2.75, 3.05) is 20.1 Å². The van der Waals surface area contributed by atoms with E-state index < -0.39 is 10.0 Å². The molecule has 1 amide bonds. The van der Waals surface area contributed by atoms with Gasteiger partial charge < -0.3 is 5.32 Å². The average Bonchev–Trinajstić information content (AvgIpc) is 3.01. The Hall–Kier alpha value is -1.70. The molecule has 0 bridgehead atoms. The van der Waals surface area contributed by atoms with Crippen molar-refractivity contribution in [3.05, 3.63) is 52.2 Å². The van der Waals surface area contributed by atoms with Gasteiger partial charge in [0.1, 0.15) is 0 Å². The van der Waals surface area contributed by atoms with E-state index in [1.54, 1.807) is 35.6 Å². The zero-order valence-corrected chi connectivity index (χ0v) is 14.8. The van der Waals surface area contributed by atoms with Crippen LogP contribution in [0.25, 0.3) is 0 Å². The largest absolute Gasteiger partial charge is 0.355 e. The van der Waals surface area contributed by atoms with Crippen molar-refractivity contribution < 1.29 is 13.2 Å². The lowest BCUT2D eigenvalue weighted by Crippen LogP contribution is -2.39. The van der Waals surface area contributed by atoms with Gasteiger partial charge >= 0.3 is 0 Å². The Kier molecular flexibility index (Phi) is 5.92. The molecule has 0 aliphatic rings. The highest BCUT2D eigenvalue weighted by molar-refractivity contribution is 7.89. The predicted octanol–water partition coefficient (Wildman–Crippen LogP) is 2.04. The minimum atomic E-state index is -3.64. The second kappa shape index (κ2) is 7.72. The highest BCUT2D eigenvalue weighted by atomic mass is 32.2. The van der Waals surface area contributed by atoms with Crippen molar-refractivity contribution in [1.29, 1.82) is 0 Å². The number of sulfonamides is 1. The number of nitrogens with zero attached hydrogens (tertiary/aromatic N) is 1. The summed E-state index contributed by atoms with van der Waals surface area (Å²) in [6, 6.07) is 8.58.